The molecule has 0 spiro atoms. The van der Waals surface area contributed by atoms with Gasteiger partial charge in [0.05, 0.1) is 6.10 Å². The first kappa shape index (κ1) is 18.5. The number of ether oxygens (including phenoxy) is 1. The normalized spacial score (nSPS) is 29.0. The molecule has 2 N–H and O–H groups in total. The monoisotopic (exact) mass is 326 g/mol. The van der Waals surface area contributed by atoms with Crippen LogP contribution in [0.2, 0.25) is 0 Å². The van der Waals surface area contributed by atoms with E-state index < -0.39 is 5.60 Å². The Morgan fingerprint density at radius 2 is 1.83 bits per heavy atom. The molecule has 2 saturated heterocycles. The van der Waals surface area contributed by atoms with Crippen LogP contribution in [0.5, 0.6) is 0 Å². The largest absolute Gasteiger partial charge is 0.444 e. The van der Waals surface area contributed by atoms with E-state index >= 15 is 0 Å². The number of hydrogen-bond acceptors (Lipinski definition) is 4. The SMILES string of the molecule is CC(C)CC(O)CNC1CC2CCC(C1)N2C(=O)OC(C)(C)C. The van der Waals surface area contributed by atoms with Gasteiger partial charge in [-0.15, -0.1) is 0 Å². The number of piperidine rings is 1. The zero-order chi connectivity index (χ0) is 17.2. The van der Waals surface area contributed by atoms with Crippen LogP contribution in [0.4, 0.5) is 4.79 Å². The minimum Gasteiger partial charge on any atom is -0.444 e. The molecule has 0 aromatic carbocycles. The maximum atomic E-state index is 12.4. The lowest BCUT2D eigenvalue weighted by Gasteiger charge is -2.40. The molecule has 0 radical (unpaired) electrons. The van der Waals surface area contributed by atoms with Gasteiger partial charge in [-0.3, -0.25) is 0 Å². The van der Waals surface area contributed by atoms with Crippen LogP contribution in [-0.2, 0) is 4.74 Å². The van der Waals surface area contributed by atoms with Gasteiger partial charge in [0.25, 0.3) is 0 Å². The van der Waals surface area contributed by atoms with Crippen LogP contribution in [0.3, 0.4) is 0 Å². The van der Waals surface area contributed by atoms with Crippen molar-refractivity contribution in [3.05, 3.63) is 0 Å². The highest BCUT2D eigenvalue weighted by atomic mass is 16.6. The molecule has 0 aromatic rings. The second-order valence-electron chi connectivity index (χ2n) is 8.63. The van der Waals surface area contributed by atoms with E-state index in [1.54, 1.807) is 0 Å². The molecule has 2 aliphatic heterocycles. The van der Waals surface area contributed by atoms with Crippen molar-refractivity contribution in [2.45, 2.75) is 96.6 Å². The number of carbonyl (C=O) groups is 1. The van der Waals surface area contributed by atoms with Gasteiger partial charge in [0, 0.05) is 24.7 Å². The van der Waals surface area contributed by atoms with Gasteiger partial charge in [0.1, 0.15) is 5.60 Å². The van der Waals surface area contributed by atoms with E-state index in [9.17, 15) is 9.90 Å². The molecule has 5 nitrogen and oxygen atoms in total. The number of hydrogen-bond donors (Lipinski definition) is 2. The Balaban J connectivity index is 1.83. The van der Waals surface area contributed by atoms with Crippen LogP contribution >= 0.6 is 0 Å². The number of amides is 1. The number of nitrogens with one attached hydrogen (secondary N) is 1. The maximum Gasteiger partial charge on any atom is 0.410 e. The molecule has 23 heavy (non-hydrogen) atoms. The van der Waals surface area contributed by atoms with Crippen LogP contribution in [-0.4, -0.2) is 52.5 Å². The first-order chi connectivity index (χ1) is 10.7. The smallest absolute Gasteiger partial charge is 0.410 e. The summed E-state index contributed by atoms with van der Waals surface area (Å²) in [5.74, 6) is 0.511. The minimum absolute atomic E-state index is 0.164. The van der Waals surface area contributed by atoms with Crippen molar-refractivity contribution in [3.63, 3.8) is 0 Å². The lowest BCUT2D eigenvalue weighted by Crippen LogP contribution is -2.53. The van der Waals surface area contributed by atoms with Crippen molar-refractivity contribution in [3.8, 4) is 0 Å². The zero-order valence-corrected chi connectivity index (χ0v) is 15.3. The Kier molecular flexibility index (Phi) is 5.95. The summed E-state index contributed by atoms with van der Waals surface area (Å²) in [7, 11) is 0. The predicted octanol–water partition coefficient (Wildman–Crippen LogP) is 2.91. The number of fused-ring (bicyclic) bond motifs is 2. The highest BCUT2D eigenvalue weighted by Crippen LogP contribution is 2.36. The number of aliphatic hydroxyl groups excluding tert-OH is 1. The third-order valence-corrected chi connectivity index (χ3v) is 4.72. The summed E-state index contributed by atoms with van der Waals surface area (Å²) in [5.41, 5.74) is -0.438. The molecule has 5 heteroatoms. The average Bonchev–Trinajstić information content (AvgIpc) is 2.65. The van der Waals surface area contributed by atoms with Crippen molar-refractivity contribution in [2.75, 3.05) is 6.54 Å². The van der Waals surface area contributed by atoms with Crippen LogP contribution in [0.15, 0.2) is 0 Å². The Hall–Kier alpha value is -0.810. The molecule has 1 amide bonds. The van der Waals surface area contributed by atoms with Crippen molar-refractivity contribution >= 4 is 6.09 Å². The Bertz CT molecular complexity index is 392. The molecule has 2 bridgehead atoms. The summed E-state index contributed by atoms with van der Waals surface area (Å²) in [6.45, 7) is 10.6. The molecule has 2 heterocycles. The third kappa shape index (κ3) is 5.35. The standard InChI is InChI=1S/C18H34N2O3/c1-12(2)8-16(21)11-19-13-9-14-6-7-15(10-13)20(14)17(22)23-18(3,4)5/h12-16,19,21H,6-11H2,1-5H3. The summed E-state index contributed by atoms with van der Waals surface area (Å²) in [6, 6.07) is 0.958. The summed E-state index contributed by atoms with van der Waals surface area (Å²) >= 11 is 0. The summed E-state index contributed by atoms with van der Waals surface area (Å²) in [5, 5.41) is 13.5. The predicted molar refractivity (Wildman–Crippen MR) is 91.4 cm³/mol. The molecule has 0 aliphatic carbocycles. The number of rotatable bonds is 5. The van der Waals surface area contributed by atoms with Crippen LogP contribution in [0.25, 0.3) is 0 Å². The molecular formula is C18H34N2O3. The fourth-order valence-electron chi connectivity index (χ4n) is 3.89. The van der Waals surface area contributed by atoms with Gasteiger partial charge in [-0.05, 0) is 58.8 Å². The van der Waals surface area contributed by atoms with Gasteiger partial charge in [-0.1, -0.05) is 13.8 Å². The average molecular weight is 326 g/mol. The summed E-state index contributed by atoms with van der Waals surface area (Å²) in [6.07, 6.45) is 4.44. The van der Waals surface area contributed by atoms with E-state index in [1.807, 2.05) is 25.7 Å². The Labute approximate surface area is 140 Å². The zero-order valence-electron chi connectivity index (χ0n) is 15.3. The second kappa shape index (κ2) is 7.39. The topological polar surface area (TPSA) is 61.8 Å². The van der Waals surface area contributed by atoms with E-state index in [1.165, 1.54) is 0 Å². The van der Waals surface area contributed by atoms with Gasteiger partial charge in [0.15, 0.2) is 0 Å². The van der Waals surface area contributed by atoms with Crippen LogP contribution < -0.4 is 5.32 Å². The molecule has 3 atom stereocenters. The van der Waals surface area contributed by atoms with Crippen molar-refractivity contribution in [1.29, 1.82) is 0 Å². The van der Waals surface area contributed by atoms with Crippen molar-refractivity contribution < 1.29 is 14.6 Å². The first-order valence-electron chi connectivity index (χ1n) is 9.08. The first-order valence-corrected chi connectivity index (χ1v) is 9.08. The van der Waals surface area contributed by atoms with E-state index in [2.05, 4.69) is 19.2 Å². The Morgan fingerprint density at radius 3 is 2.30 bits per heavy atom. The number of aliphatic hydroxyl groups is 1. The highest BCUT2D eigenvalue weighted by molar-refractivity contribution is 5.69. The van der Waals surface area contributed by atoms with Gasteiger partial charge in [-0.2, -0.15) is 0 Å². The van der Waals surface area contributed by atoms with Gasteiger partial charge in [0.2, 0.25) is 0 Å². The molecule has 134 valence electrons. The van der Waals surface area contributed by atoms with Gasteiger partial charge >= 0.3 is 6.09 Å². The van der Waals surface area contributed by atoms with E-state index in [-0.39, 0.29) is 24.3 Å². The fraction of sp³-hybridized carbons (Fsp3) is 0.944. The lowest BCUT2D eigenvalue weighted by molar-refractivity contribution is 0.00404. The molecule has 3 unspecified atom stereocenters. The highest BCUT2D eigenvalue weighted by Gasteiger charge is 2.44. The number of carbonyl (C=O) groups excluding carboxylic acids is 1. The van der Waals surface area contributed by atoms with Crippen LogP contribution in [0, 0.1) is 5.92 Å². The third-order valence-electron chi connectivity index (χ3n) is 4.72. The van der Waals surface area contributed by atoms with E-state index in [0.29, 0.717) is 18.5 Å². The van der Waals surface area contributed by atoms with Crippen LogP contribution in [0.1, 0.15) is 66.7 Å². The van der Waals surface area contributed by atoms with Crippen molar-refractivity contribution in [2.24, 2.45) is 5.92 Å². The van der Waals surface area contributed by atoms with E-state index in [0.717, 1.165) is 32.1 Å². The molecule has 2 fully saturated rings. The second-order valence-corrected chi connectivity index (χ2v) is 8.63. The summed E-state index contributed by atoms with van der Waals surface area (Å²) in [4.78, 5) is 14.4. The minimum atomic E-state index is -0.438. The molecule has 2 aliphatic rings. The Morgan fingerprint density at radius 1 is 1.26 bits per heavy atom. The van der Waals surface area contributed by atoms with Gasteiger partial charge in [-0.25, -0.2) is 4.79 Å². The molecule has 0 aromatic heterocycles. The molecular weight excluding hydrogens is 292 g/mol. The fourth-order valence-corrected chi connectivity index (χ4v) is 3.89. The quantitative estimate of drug-likeness (QED) is 0.815. The maximum absolute atomic E-state index is 12.4. The van der Waals surface area contributed by atoms with Crippen molar-refractivity contribution in [1.82, 2.24) is 10.2 Å². The number of nitrogens with zero attached hydrogens (tertiary/aromatic N) is 1. The lowest BCUT2D eigenvalue weighted by atomic mass is 9.97. The molecule has 2 rings (SSSR count). The van der Waals surface area contributed by atoms with E-state index in [4.69, 9.17) is 4.74 Å². The summed E-state index contributed by atoms with van der Waals surface area (Å²) < 4.78 is 5.56. The molecule has 0 saturated carbocycles. The van der Waals surface area contributed by atoms with Gasteiger partial charge < -0.3 is 20.1 Å².